The molecule has 2 atom stereocenters. The van der Waals surface area contributed by atoms with Gasteiger partial charge in [-0.3, -0.25) is 4.90 Å². The molecule has 2 aliphatic heterocycles. The molecule has 0 radical (unpaired) electrons. The summed E-state index contributed by atoms with van der Waals surface area (Å²) in [4.78, 5) is 17.6. The minimum Gasteiger partial charge on any atom is -0.355 e. The molecule has 3 aromatic rings. The van der Waals surface area contributed by atoms with Crippen molar-refractivity contribution in [2.24, 2.45) is 11.8 Å². The zero-order valence-corrected chi connectivity index (χ0v) is 15.2. The number of aromatic amines is 1. The molecule has 2 aliphatic rings. The number of aromatic nitrogens is 3. The Balaban J connectivity index is 1.33. The summed E-state index contributed by atoms with van der Waals surface area (Å²) in [7, 11) is 0. The Bertz CT molecular complexity index is 903. The van der Waals surface area contributed by atoms with Crippen LogP contribution in [0.4, 0.5) is 5.82 Å². The highest BCUT2D eigenvalue weighted by Crippen LogP contribution is 2.36. The van der Waals surface area contributed by atoms with Crippen molar-refractivity contribution in [1.82, 2.24) is 19.9 Å². The second kappa shape index (κ2) is 6.40. The normalized spacial score (nSPS) is 23.5. The van der Waals surface area contributed by atoms with Crippen molar-refractivity contribution < 1.29 is 0 Å². The number of aryl methyl sites for hydroxylation is 1. The molecule has 1 aromatic carbocycles. The van der Waals surface area contributed by atoms with Crippen LogP contribution in [-0.2, 0) is 6.54 Å². The predicted molar refractivity (Wildman–Crippen MR) is 104 cm³/mol. The van der Waals surface area contributed by atoms with Crippen molar-refractivity contribution in [3.63, 3.8) is 0 Å². The van der Waals surface area contributed by atoms with Crippen LogP contribution in [0.15, 0.2) is 42.6 Å². The molecule has 1 N–H and O–H groups in total. The monoisotopic (exact) mass is 347 g/mol. The molecule has 134 valence electrons. The highest BCUT2D eigenvalue weighted by atomic mass is 15.2. The fraction of sp³-hybridized carbons (Fsp3) is 0.429. The van der Waals surface area contributed by atoms with E-state index < -0.39 is 0 Å². The maximum absolute atomic E-state index is 4.78. The minimum atomic E-state index is 0.733. The molecule has 5 heteroatoms. The summed E-state index contributed by atoms with van der Waals surface area (Å²) in [5, 5.41) is 1.15. The molecule has 2 fully saturated rings. The Hall–Kier alpha value is -2.40. The lowest BCUT2D eigenvalue weighted by Gasteiger charge is -2.34. The Kier molecular flexibility index (Phi) is 3.89. The average Bonchev–Trinajstić information content (AvgIpc) is 3.28. The fourth-order valence-corrected chi connectivity index (χ4v) is 4.68. The largest absolute Gasteiger partial charge is 0.355 e. The quantitative estimate of drug-likeness (QED) is 0.790. The van der Waals surface area contributed by atoms with Crippen molar-refractivity contribution in [2.45, 2.75) is 19.9 Å². The van der Waals surface area contributed by atoms with E-state index in [1.807, 2.05) is 13.1 Å². The molecular formula is C21H25N5. The summed E-state index contributed by atoms with van der Waals surface area (Å²) in [6.45, 7) is 7.67. The number of nitrogens with zero attached hydrogens (tertiary/aromatic N) is 4. The maximum Gasteiger partial charge on any atom is 0.143 e. The van der Waals surface area contributed by atoms with E-state index in [2.05, 4.69) is 56.2 Å². The van der Waals surface area contributed by atoms with E-state index in [0.29, 0.717) is 0 Å². The number of anilines is 1. The van der Waals surface area contributed by atoms with Crippen LogP contribution in [-0.4, -0.2) is 46.0 Å². The molecular weight excluding hydrogens is 322 g/mol. The van der Waals surface area contributed by atoms with E-state index in [1.54, 1.807) is 0 Å². The van der Waals surface area contributed by atoms with Crippen LogP contribution in [0.3, 0.4) is 0 Å². The van der Waals surface area contributed by atoms with Crippen LogP contribution in [0.25, 0.3) is 11.0 Å². The molecule has 4 heterocycles. The first-order chi connectivity index (χ1) is 12.8. The van der Waals surface area contributed by atoms with E-state index >= 15 is 0 Å². The number of benzene rings is 1. The number of piperidine rings is 1. The van der Waals surface area contributed by atoms with E-state index in [4.69, 9.17) is 4.98 Å². The summed E-state index contributed by atoms with van der Waals surface area (Å²) < 4.78 is 0. The first-order valence-electron chi connectivity index (χ1n) is 9.59. The third kappa shape index (κ3) is 2.86. The number of nitrogens with one attached hydrogen (secondary N) is 1. The number of hydrogen-bond donors (Lipinski definition) is 1. The number of H-pyrrole nitrogens is 1. The lowest BCUT2D eigenvalue weighted by atomic mass is 9.88. The van der Waals surface area contributed by atoms with Crippen LogP contribution >= 0.6 is 0 Å². The molecule has 0 spiro atoms. The number of hydrogen-bond acceptors (Lipinski definition) is 4. The van der Waals surface area contributed by atoms with Gasteiger partial charge in [0.2, 0.25) is 0 Å². The Morgan fingerprint density at radius 1 is 1.04 bits per heavy atom. The summed E-state index contributed by atoms with van der Waals surface area (Å²) in [6, 6.07) is 12.9. The van der Waals surface area contributed by atoms with Gasteiger partial charge in [0.15, 0.2) is 0 Å². The first kappa shape index (κ1) is 15.8. The van der Waals surface area contributed by atoms with Gasteiger partial charge in [0.25, 0.3) is 0 Å². The van der Waals surface area contributed by atoms with E-state index in [1.165, 1.54) is 25.1 Å². The van der Waals surface area contributed by atoms with Gasteiger partial charge in [-0.25, -0.2) is 9.97 Å². The zero-order chi connectivity index (χ0) is 17.5. The molecule has 2 aromatic heterocycles. The Morgan fingerprint density at radius 2 is 1.88 bits per heavy atom. The van der Waals surface area contributed by atoms with Crippen LogP contribution in [0.2, 0.25) is 0 Å². The standard InChI is InChI=1S/C21H25N5/c1-15-23-20-19(7-9-22-20)21(24-15)26-13-17-8-10-25(12-18(17)14-26)11-16-5-3-2-4-6-16/h2-7,9,17-18H,8,10-14H2,1H3,(H,22,23,24)/t17-,18+/m0/s1. The lowest BCUT2D eigenvalue weighted by Crippen LogP contribution is -2.39. The molecule has 2 saturated heterocycles. The zero-order valence-electron chi connectivity index (χ0n) is 15.2. The summed E-state index contributed by atoms with van der Waals surface area (Å²) >= 11 is 0. The van der Waals surface area contributed by atoms with Gasteiger partial charge in [0, 0.05) is 32.4 Å². The van der Waals surface area contributed by atoms with Crippen molar-refractivity contribution in [3.8, 4) is 0 Å². The fourth-order valence-electron chi connectivity index (χ4n) is 4.68. The Labute approximate surface area is 154 Å². The van der Waals surface area contributed by atoms with Crippen molar-refractivity contribution in [2.75, 3.05) is 31.1 Å². The topological polar surface area (TPSA) is 48.1 Å². The van der Waals surface area contributed by atoms with Gasteiger partial charge in [0.05, 0.1) is 5.39 Å². The number of fused-ring (bicyclic) bond motifs is 2. The predicted octanol–water partition coefficient (Wildman–Crippen LogP) is 3.22. The van der Waals surface area contributed by atoms with E-state index in [0.717, 1.165) is 54.1 Å². The van der Waals surface area contributed by atoms with Gasteiger partial charge in [-0.2, -0.15) is 0 Å². The second-order valence-electron chi connectivity index (χ2n) is 7.77. The van der Waals surface area contributed by atoms with E-state index in [9.17, 15) is 0 Å². The third-order valence-corrected chi connectivity index (χ3v) is 5.94. The number of likely N-dealkylation sites (tertiary alicyclic amines) is 1. The van der Waals surface area contributed by atoms with Gasteiger partial charge in [0.1, 0.15) is 17.3 Å². The molecule has 0 bridgehead atoms. The maximum atomic E-state index is 4.78. The van der Waals surface area contributed by atoms with Crippen molar-refractivity contribution in [3.05, 3.63) is 54.0 Å². The molecule has 26 heavy (non-hydrogen) atoms. The molecule has 0 aliphatic carbocycles. The highest BCUT2D eigenvalue weighted by Gasteiger charge is 2.38. The van der Waals surface area contributed by atoms with Gasteiger partial charge < -0.3 is 9.88 Å². The van der Waals surface area contributed by atoms with Gasteiger partial charge in [-0.1, -0.05) is 30.3 Å². The SMILES string of the molecule is Cc1nc(N2C[C@H]3CN(Cc4ccccc4)CC[C@H]3C2)c2cc[nH]c2n1. The first-order valence-corrected chi connectivity index (χ1v) is 9.59. The van der Waals surface area contributed by atoms with Crippen LogP contribution in [0.5, 0.6) is 0 Å². The minimum absolute atomic E-state index is 0.733. The molecule has 5 nitrogen and oxygen atoms in total. The second-order valence-corrected chi connectivity index (χ2v) is 7.77. The van der Waals surface area contributed by atoms with Crippen LogP contribution in [0, 0.1) is 18.8 Å². The van der Waals surface area contributed by atoms with Gasteiger partial charge >= 0.3 is 0 Å². The van der Waals surface area contributed by atoms with Gasteiger partial charge in [-0.15, -0.1) is 0 Å². The average molecular weight is 347 g/mol. The number of rotatable bonds is 3. The van der Waals surface area contributed by atoms with Gasteiger partial charge in [-0.05, 0) is 43.4 Å². The molecule has 0 amide bonds. The van der Waals surface area contributed by atoms with Crippen molar-refractivity contribution in [1.29, 1.82) is 0 Å². The lowest BCUT2D eigenvalue weighted by molar-refractivity contribution is 0.142. The third-order valence-electron chi connectivity index (χ3n) is 5.94. The highest BCUT2D eigenvalue weighted by molar-refractivity contribution is 5.87. The van der Waals surface area contributed by atoms with Crippen LogP contribution < -0.4 is 4.90 Å². The Morgan fingerprint density at radius 3 is 2.77 bits per heavy atom. The van der Waals surface area contributed by atoms with Crippen molar-refractivity contribution >= 4 is 16.9 Å². The smallest absolute Gasteiger partial charge is 0.143 e. The summed E-state index contributed by atoms with van der Waals surface area (Å²) in [5.74, 6) is 3.47. The molecule has 0 unspecified atom stereocenters. The summed E-state index contributed by atoms with van der Waals surface area (Å²) in [5.41, 5.74) is 2.37. The summed E-state index contributed by atoms with van der Waals surface area (Å²) in [6.07, 6.45) is 3.25. The molecule has 0 saturated carbocycles. The van der Waals surface area contributed by atoms with Crippen LogP contribution in [0.1, 0.15) is 17.8 Å². The van der Waals surface area contributed by atoms with E-state index in [-0.39, 0.29) is 0 Å². The molecule has 5 rings (SSSR count).